The van der Waals surface area contributed by atoms with Crippen LogP contribution in [-0.4, -0.2) is 62.1 Å². The van der Waals surface area contributed by atoms with Gasteiger partial charge in [-0.1, -0.05) is 13.2 Å². The van der Waals surface area contributed by atoms with Crippen molar-refractivity contribution in [3.8, 4) is 0 Å². The standard InChI is InChI=1S/C16H18F4O8/c1-9(2)11(21)25-5-7-27-13(23)15(17,18)16(19,20)14(24)28-8-6-26-12(22)10(3)4/h1,3,5-8H2,2,4H3. The van der Waals surface area contributed by atoms with Gasteiger partial charge < -0.3 is 18.9 Å². The van der Waals surface area contributed by atoms with Crippen LogP contribution in [0.4, 0.5) is 17.6 Å². The van der Waals surface area contributed by atoms with E-state index >= 15 is 0 Å². The lowest BCUT2D eigenvalue weighted by Gasteiger charge is -2.23. The van der Waals surface area contributed by atoms with Crippen molar-refractivity contribution in [2.45, 2.75) is 25.7 Å². The third-order valence-electron chi connectivity index (χ3n) is 2.70. The second-order valence-electron chi connectivity index (χ2n) is 5.25. The maximum absolute atomic E-state index is 13.6. The lowest BCUT2D eigenvalue weighted by Crippen LogP contribution is -2.54. The number of carbonyl (C=O) groups is 4. The van der Waals surface area contributed by atoms with Crippen LogP contribution in [0.5, 0.6) is 0 Å². The Labute approximate surface area is 157 Å². The molecule has 0 radical (unpaired) electrons. The van der Waals surface area contributed by atoms with Gasteiger partial charge in [0, 0.05) is 11.1 Å². The Balaban J connectivity index is 4.61. The average Bonchev–Trinajstić information content (AvgIpc) is 2.60. The van der Waals surface area contributed by atoms with Crippen LogP contribution >= 0.6 is 0 Å². The third-order valence-corrected chi connectivity index (χ3v) is 2.70. The van der Waals surface area contributed by atoms with E-state index in [4.69, 9.17) is 0 Å². The first-order valence-electron chi connectivity index (χ1n) is 7.50. The molecule has 0 heterocycles. The number of halogens is 4. The van der Waals surface area contributed by atoms with Crippen molar-refractivity contribution in [3.63, 3.8) is 0 Å². The van der Waals surface area contributed by atoms with Crippen LogP contribution in [0.1, 0.15) is 13.8 Å². The van der Waals surface area contributed by atoms with Gasteiger partial charge in [0.05, 0.1) is 0 Å². The van der Waals surface area contributed by atoms with Crippen LogP contribution in [0.15, 0.2) is 24.3 Å². The van der Waals surface area contributed by atoms with E-state index in [1.807, 2.05) is 0 Å². The SMILES string of the molecule is C=C(C)C(=O)OCCOC(=O)C(F)(F)C(F)(F)C(=O)OCCOC(=O)C(=C)C. The van der Waals surface area contributed by atoms with Crippen LogP contribution in [0.3, 0.4) is 0 Å². The summed E-state index contributed by atoms with van der Waals surface area (Å²) in [6.45, 7) is 5.70. The van der Waals surface area contributed by atoms with Crippen LogP contribution < -0.4 is 0 Å². The van der Waals surface area contributed by atoms with Crippen LogP contribution in [0.2, 0.25) is 0 Å². The molecule has 0 saturated heterocycles. The van der Waals surface area contributed by atoms with E-state index in [1.54, 1.807) is 0 Å². The Morgan fingerprint density at radius 2 is 0.893 bits per heavy atom. The highest BCUT2D eigenvalue weighted by molar-refractivity contribution is 5.90. The molecule has 0 N–H and O–H groups in total. The molecule has 12 heteroatoms. The predicted molar refractivity (Wildman–Crippen MR) is 83.4 cm³/mol. The van der Waals surface area contributed by atoms with Gasteiger partial charge in [-0.25, -0.2) is 19.2 Å². The van der Waals surface area contributed by atoms with Crippen molar-refractivity contribution in [2.75, 3.05) is 26.4 Å². The minimum atomic E-state index is -5.56. The van der Waals surface area contributed by atoms with Gasteiger partial charge in [-0.2, -0.15) is 17.6 Å². The summed E-state index contributed by atoms with van der Waals surface area (Å²) in [5, 5.41) is 0. The summed E-state index contributed by atoms with van der Waals surface area (Å²) in [6, 6.07) is 0. The molecule has 0 rings (SSSR count). The van der Waals surface area contributed by atoms with E-state index in [9.17, 15) is 36.7 Å². The van der Waals surface area contributed by atoms with Gasteiger partial charge in [-0.15, -0.1) is 0 Å². The zero-order chi connectivity index (χ0) is 22.1. The Kier molecular flexibility index (Phi) is 9.34. The van der Waals surface area contributed by atoms with Gasteiger partial charge in [-0.05, 0) is 13.8 Å². The fourth-order valence-corrected chi connectivity index (χ4v) is 1.22. The summed E-state index contributed by atoms with van der Waals surface area (Å²) < 4.78 is 70.9. The largest absolute Gasteiger partial charge is 0.459 e. The Bertz CT molecular complexity index is 601. The zero-order valence-electron chi connectivity index (χ0n) is 15.0. The molecular weight excluding hydrogens is 396 g/mol. The highest BCUT2D eigenvalue weighted by Gasteiger charge is 2.69. The summed E-state index contributed by atoms with van der Waals surface area (Å²) in [5.41, 5.74) is -0.0558. The second kappa shape index (κ2) is 10.4. The lowest BCUT2D eigenvalue weighted by atomic mass is 10.2. The first-order chi connectivity index (χ1) is 12.7. The average molecular weight is 414 g/mol. The van der Waals surface area contributed by atoms with Gasteiger partial charge in [0.25, 0.3) is 0 Å². The highest BCUT2D eigenvalue weighted by Crippen LogP contribution is 2.36. The Morgan fingerprint density at radius 3 is 1.14 bits per heavy atom. The lowest BCUT2D eigenvalue weighted by molar-refractivity contribution is -0.238. The highest BCUT2D eigenvalue weighted by atomic mass is 19.3. The second-order valence-corrected chi connectivity index (χ2v) is 5.25. The summed E-state index contributed by atoms with van der Waals surface area (Å²) in [6.07, 6.45) is 0. The molecule has 0 fully saturated rings. The molecular formula is C16H18F4O8. The van der Waals surface area contributed by atoms with Crippen molar-refractivity contribution < 1.29 is 55.7 Å². The maximum Gasteiger partial charge on any atom is 0.415 e. The van der Waals surface area contributed by atoms with Crippen LogP contribution in [-0.2, 0) is 38.1 Å². The van der Waals surface area contributed by atoms with Gasteiger partial charge >= 0.3 is 35.7 Å². The molecule has 0 unspecified atom stereocenters. The van der Waals surface area contributed by atoms with E-state index in [2.05, 4.69) is 32.1 Å². The number of esters is 4. The Hall–Kier alpha value is -2.92. The predicted octanol–water partition coefficient (Wildman–Crippen LogP) is 1.58. The van der Waals surface area contributed by atoms with Gasteiger partial charge in [0.15, 0.2) is 0 Å². The van der Waals surface area contributed by atoms with E-state index in [1.165, 1.54) is 13.8 Å². The summed E-state index contributed by atoms with van der Waals surface area (Å²) >= 11 is 0. The smallest absolute Gasteiger partial charge is 0.415 e. The number of rotatable bonds is 11. The quantitative estimate of drug-likeness (QED) is 0.165. The van der Waals surface area contributed by atoms with Crippen LogP contribution in [0, 0.1) is 0 Å². The van der Waals surface area contributed by atoms with Gasteiger partial charge in [0.1, 0.15) is 26.4 Å². The van der Waals surface area contributed by atoms with Gasteiger partial charge in [0.2, 0.25) is 0 Å². The summed E-state index contributed by atoms with van der Waals surface area (Å²) in [5.74, 6) is -18.4. The van der Waals surface area contributed by atoms with Crippen molar-refractivity contribution in [1.29, 1.82) is 0 Å². The molecule has 0 amide bonds. The van der Waals surface area contributed by atoms with Crippen molar-refractivity contribution >= 4 is 23.9 Å². The molecule has 0 spiro atoms. The molecule has 0 atom stereocenters. The molecule has 0 aliphatic rings. The molecule has 0 bridgehead atoms. The molecule has 0 aromatic rings. The first kappa shape index (κ1) is 25.1. The first-order valence-corrected chi connectivity index (χ1v) is 7.50. The van der Waals surface area contributed by atoms with Gasteiger partial charge in [-0.3, -0.25) is 0 Å². The van der Waals surface area contributed by atoms with E-state index in [0.717, 1.165) is 0 Å². The molecule has 0 aliphatic carbocycles. The van der Waals surface area contributed by atoms with Crippen molar-refractivity contribution in [1.82, 2.24) is 0 Å². The molecule has 28 heavy (non-hydrogen) atoms. The number of hydrogen-bond acceptors (Lipinski definition) is 8. The number of hydrogen-bond donors (Lipinski definition) is 0. The molecule has 8 nitrogen and oxygen atoms in total. The molecule has 158 valence electrons. The number of alkyl halides is 4. The number of ether oxygens (including phenoxy) is 4. The van der Waals surface area contributed by atoms with Crippen molar-refractivity contribution in [3.05, 3.63) is 24.3 Å². The molecule has 0 aliphatic heterocycles. The maximum atomic E-state index is 13.6. The Morgan fingerprint density at radius 1 is 0.643 bits per heavy atom. The fraction of sp³-hybridized carbons (Fsp3) is 0.500. The van der Waals surface area contributed by atoms with E-state index < -0.39 is 62.1 Å². The monoisotopic (exact) mass is 414 g/mol. The molecule has 0 aromatic heterocycles. The molecule has 0 saturated carbocycles. The number of carbonyl (C=O) groups excluding carboxylic acids is 4. The summed E-state index contributed by atoms with van der Waals surface area (Å²) in [4.78, 5) is 44.4. The van der Waals surface area contributed by atoms with Crippen LogP contribution in [0.25, 0.3) is 0 Å². The minimum absolute atomic E-state index is 0.0279. The normalized spacial score (nSPS) is 11.2. The third kappa shape index (κ3) is 7.00. The fourth-order valence-electron chi connectivity index (χ4n) is 1.22. The van der Waals surface area contributed by atoms with E-state index in [-0.39, 0.29) is 11.1 Å². The van der Waals surface area contributed by atoms with Crippen molar-refractivity contribution in [2.24, 2.45) is 0 Å². The minimum Gasteiger partial charge on any atom is -0.459 e. The summed E-state index contributed by atoms with van der Waals surface area (Å²) in [7, 11) is 0. The zero-order valence-corrected chi connectivity index (χ0v) is 15.0. The molecule has 0 aromatic carbocycles. The van der Waals surface area contributed by atoms with E-state index in [0.29, 0.717) is 0 Å². The topological polar surface area (TPSA) is 105 Å².